The fourth-order valence-electron chi connectivity index (χ4n) is 2.86. The maximum Gasteiger partial charge on any atom is 0.255 e. The summed E-state index contributed by atoms with van der Waals surface area (Å²) in [6.45, 7) is 2.79. The van der Waals surface area contributed by atoms with Gasteiger partial charge in [0.15, 0.2) is 6.29 Å². The number of nitrogens with zero attached hydrogens (tertiary/aromatic N) is 1. The molecule has 6 heteroatoms. The van der Waals surface area contributed by atoms with Crippen molar-refractivity contribution in [2.75, 3.05) is 26.3 Å². The van der Waals surface area contributed by atoms with Crippen LogP contribution < -0.4 is 0 Å². The zero-order valence-corrected chi connectivity index (χ0v) is 13.9. The van der Waals surface area contributed by atoms with Crippen LogP contribution in [-0.4, -0.2) is 43.4 Å². The zero-order valence-electron chi connectivity index (χ0n) is 11.6. The Balaban J connectivity index is 1.63. The maximum atomic E-state index is 12.6. The van der Waals surface area contributed by atoms with Crippen molar-refractivity contribution in [3.8, 4) is 0 Å². The van der Waals surface area contributed by atoms with Crippen LogP contribution in [0.4, 0.5) is 0 Å². The van der Waals surface area contributed by atoms with Crippen LogP contribution in [-0.2, 0) is 9.47 Å². The normalized spacial score (nSPS) is 21.0. The Labute approximate surface area is 137 Å². The first-order valence-electron chi connectivity index (χ1n) is 7.12. The highest BCUT2D eigenvalue weighted by molar-refractivity contribution is 9.10. The van der Waals surface area contributed by atoms with E-state index in [0.717, 1.165) is 30.4 Å². The molecule has 0 bridgehead atoms. The molecule has 0 unspecified atom stereocenters. The molecule has 1 aromatic rings. The van der Waals surface area contributed by atoms with Gasteiger partial charge in [0.05, 0.1) is 23.8 Å². The summed E-state index contributed by atoms with van der Waals surface area (Å²) < 4.78 is 12.0. The lowest BCUT2D eigenvalue weighted by Crippen LogP contribution is -2.41. The summed E-state index contributed by atoms with van der Waals surface area (Å²) in [5.41, 5.74) is 0.554. The number of halogens is 2. The number of hydrogen-bond acceptors (Lipinski definition) is 3. The van der Waals surface area contributed by atoms with E-state index in [1.807, 2.05) is 11.0 Å². The summed E-state index contributed by atoms with van der Waals surface area (Å²) in [6, 6.07) is 5.35. The van der Waals surface area contributed by atoms with Gasteiger partial charge in [0.2, 0.25) is 0 Å². The smallest absolute Gasteiger partial charge is 0.255 e. The fourth-order valence-corrected chi connectivity index (χ4v) is 3.41. The van der Waals surface area contributed by atoms with Gasteiger partial charge in [-0.3, -0.25) is 4.79 Å². The third-order valence-electron chi connectivity index (χ3n) is 4.02. The minimum Gasteiger partial charge on any atom is -0.350 e. The van der Waals surface area contributed by atoms with Crippen molar-refractivity contribution >= 4 is 33.4 Å². The average molecular weight is 375 g/mol. The summed E-state index contributed by atoms with van der Waals surface area (Å²) in [5, 5.41) is 0.493. The van der Waals surface area contributed by atoms with Gasteiger partial charge in [-0.05, 0) is 31.0 Å². The maximum absolute atomic E-state index is 12.6. The molecule has 21 heavy (non-hydrogen) atoms. The number of likely N-dealkylation sites (tertiary alicyclic amines) is 1. The third kappa shape index (κ3) is 3.42. The summed E-state index contributed by atoms with van der Waals surface area (Å²) in [7, 11) is 0. The van der Waals surface area contributed by atoms with E-state index in [1.54, 1.807) is 12.1 Å². The summed E-state index contributed by atoms with van der Waals surface area (Å²) in [6.07, 6.45) is 1.72. The number of ether oxygens (including phenoxy) is 2. The van der Waals surface area contributed by atoms with E-state index in [0.29, 0.717) is 29.7 Å². The number of piperidine rings is 1. The van der Waals surface area contributed by atoms with Gasteiger partial charge in [0.1, 0.15) is 0 Å². The Bertz CT molecular complexity index is 526. The Hall–Kier alpha value is -0.620. The number of rotatable bonds is 2. The van der Waals surface area contributed by atoms with E-state index in [1.165, 1.54) is 0 Å². The Morgan fingerprint density at radius 1 is 1.24 bits per heavy atom. The molecule has 1 amide bonds. The molecule has 1 aromatic carbocycles. The molecular weight excluding hydrogens is 358 g/mol. The molecule has 0 saturated carbocycles. The van der Waals surface area contributed by atoms with E-state index in [9.17, 15) is 4.79 Å². The predicted octanol–water partition coefficient (Wildman–Crippen LogP) is 3.33. The van der Waals surface area contributed by atoms with E-state index >= 15 is 0 Å². The largest absolute Gasteiger partial charge is 0.350 e. The van der Waals surface area contributed by atoms with Gasteiger partial charge in [0.25, 0.3) is 5.91 Å². The lowest BCUT2D eigenvalue weighted by Gasteiger charge is -2.34. The first-order valence-corrected chi connectivity index (χ1v) is 8.30. The second kappa shape index (κ2) is 6.65. The molecule has 2 saturated heterocycles. The standard InChI is InChI=1S/C15H17BrClNO3/c16-11-1-2-13(17)12(9-11)14(19)18-5-3-10(4-6-18)15-20-7-8-21-15/h1-2,9-10,15H,3-8H2. The molecule has 4 nitrogen and oxygen atoms in total. The summed E-state index contributed by atoms with van der Waals surface area (Å²) in [5.74, 6) is 0.377. The molecule has 114 valence electrons. The molecule has 3 rings (SSSR count). The molecule has 2 heterocycles. The number of carbonyl (C=O) groups is 1. The topological polar surface area (TPSA) is 38.8 Å². The van der Waals surface area contributed by atoms with Crippen LogP contribution in [0.25, 0.3) is 0 Å². The van der Waals surface area contributed by atoms with Crippen molar-refractivity contribution in [1.29, 1.82) is 0 Å². The van der Waals surface area contributed by atoms with Gasteiger partial charge >= 0.3 is 0 Å². The van der Waals surface area contributed by atoms with Crippen molar-refractivity contribution in [2.24, 2.45) is 5.92 Å². The zero-order chi connectivity index (χ0) is 14.8. The van der Waals surface area contributed by atoms with Crippen molar-refractivity contribution in [2.45, 2.75) is 19.1 Å². The fraction of sp³-hybridized carbons (Fsp3) is 0.533. The molecular formula is C15H17BrClNO3. The number of hydrogen-bond donors (Lipinski definition) is 0. The molecule has 0 atom stereocenters. The molecule has 2 aliphatic heterocycles. The lowest BCUT2D eigenvalue weighted by atomic mass is 9.95. The highest BCUT2D eigenvalue weighted by atomic mass is 79.9. The van der Waals surface area contributed by atoms with Crippen molar-refractivity contribution in [1.82, 2.24) is 4.90 Å². The van der Waals surface area contributed by atoms with E-state index in [4.69, 9.17) is 21.1 Å². The van der Waals surface area contributed by atoms with Gasteiger partial charge in [-0.1, -0.05) is 27.5 Å². The monoisotopic (exact) mass is 373 g/mol. The SMILES string of the molecule is O=C(c1cc(Br)ccc1Cl)N1CCC(C2OCCO2)CC1. The Morgan fingerprint density at radius 2 is 1.90 bits per heavy atom. The third-order valence-corrected chi connectivity index (χ3v) is 4.84. The number of benzene rings is 1. The van der Waals surface area contributed by atoms with Crippen LogP contribution in [0.5, 0.6) is 0 Å². The highest BCUT2D eigenvalue weighted by Gasteiger charge is 2.32. The predicted molar refractivity (Wildman–Crippen MR) is 83.5 cm³/mol. The molecule has 0 aromatic heterocycles. The van der Waals surface area contributed by atoms with Crippen LogP contribution >= 0.6 is 27.5 Å². The molecule has 0 N–H and O–H groups in total. The minimum atomic E-state index is -0.0864. The minimum absolute atomic E-state index is 0.00647. The van der Waals surface area contributed by atoms with Gasteiger partial charge in [-0.25, -0.2) is 0 Å². The summed E-state index contributed by atoms with van der Waals surface area (Å²) >= 11 is 9.51. The second-order valence-corrected chi connectivity index (χ2v) is 6.69. The van der Waals surface area contributed by atoms with Crippen LogP contribution in [0.3, 0.4) is 0 Å². The summed E-state index contributed by atoms with van der Waals surface area (Å²) in [4.78, 5) is 14.4. The van der Waals surface area contributed by atoms with E-state index < -0.39 is 0 Å². The molecule has 0 aliphatic carbocycles. The van der Waals surface area contributed by atoms with Crippen LogP contribution in [0.1, 0.15) is 23.2 Å². The van der Waals surface area contributed by atoms with Gasteiger partial charge in [-0.15, -0.1) is 0 Å². The van der Waals surface area contributed by atoms with Crippen molar-refractivity contribution in [3.63, 3.8) is 0 Å². The molecule has 0 radical (unpaired) electrons. The number of amides is 1. The van der Waals surface area contributed by atoms with Crippen molar-refractivity contribution < 1.29 is 14.3 Å². The van der Waals surface area contributed by atoms with Gasteiger partial charge in [0, 0.05) is 23.5 Å². The van der Waals surface area contributed by atoms with Crippen LogP contribution in [0.2, 0.25) is 5.02 Å². The molecule has 2 fully saturated rings. The quantitative estimate of drug-likeness (QED) is 0.797. The van der Waals surface area contributed by atoms with E-state index in [-0.39, 0.29) is 12.2 Å². The average Bonchev–Trinajstić information content (AvgIpc) is 3.03. The van der Waals surface area contributed by atoms with Crippen LogP contribution in [0, 0.1) is 5.92 Å². The van der Waals surface area contributed by atoms with Crippen molar-refractivity contribution in [3.05, 3.63) is 33.3 Å². The van der Waals surface area contributed by atoms with Gasteiger partial charge in [-0.2, -0.15) is 0 Å². The molecule has 2 aliphatic rings. The number of carbonyl (C=O) groups excluding carboxylic acids is 1. The van der Waals surface area contributed by atoms with E-state index in [2.05, 4.69) is 15.9 Å². The molecule has 0 spiro atoms. The second-order valence-electron chi connectivity index (χ2n) is 5.36. The van der Waals surface area contributed by atoms with Crippen LogP contribution in [0.15, 0.2) is 22.7 Å². The highest BCUT2D eigenvalue weighted by Crippen LogP contribution is 2.28. The first kappa shape index (κ1) is 15.3. The lowest BCUT2D eigenvalue weighted by molar-refractivity contribution is -0.0956. The Morgan fingerprint density at radius 3 is 2.57 bits per heavy atom. The first-order chi connectivity index (χ1) is 10.1. The van der Waals surface area contributed by atoms with Gasteiger partial charge < -0.3 is 14.4 Å². The Kier molecular flexibility index (Phi) is 4.84.